The average molecular weight is 277 g/mol. The monoisotopic (exact) mass is 277 g/mol. The second-order valence-electron chi connectivity index (χ2n) is 4.09. The van der Waals surface area contributed by atoms with Crippen LogP contribution in [0.25, 0.3) is 6.08 Å². The number of methoxy groups -OCH3 is 1. The number of carbonyl (C=O) groups excluding carboxylic acids is 2. The molecule has 0 bridgehead atoms. The number of amides is 1. The number of benzene rings is 1. The summed E-state index contributed by atoms with van der Waals surface area (Å²) in [5, 5.41) is 2.51. The molecule has 1 aromatic carbocycles. The van der Waals surface area contributed by atoms with Gasteiger partial charge in [0.15, 0.2) is 0 Å². The van der Waals surface area contributed by atoms with E-state index in [9.17, 15) is 9.59 Å². The molecule has 0 fully saturated rings. The molecule has 0 saturated heterocycles. The second kappa shape index (κ2) is 7.99. The van der Waals surface area contributed by atoms with Gasteiger partial charge in [0.1, 0.15) is 11.8 Å². The lowest BCUT2D eigenvalue weighted by molar-refractivity contribution is -0.144. The number of hydrogen-bond acceptors (Lipinski definition) is 4. The molecular weight excluding hydrogens is 258 g/mol. The molecule has 1 N–H and O–H groups in total. The van der Waals surface area contributed by atoms with Gasteiger partial charge in [0.05, 0.1) is 13.7 Å². The molecule has 5 nitrogen and oxygen atoms in total. The molecular formula is C15H19NO4. The van der Waals surface area contributed by atoms with Gasteiger partial charge in [-0.1, -0.05) is 12.1 Å². The first-order valence-corrected chi connectivity index (χ1v) is 6.36. The van der Waals surface area contributed by atoms with E-state index in [1.165, 1.54) is 13.2 Å². The van der Waals surface area contributed by atoms with Gasteiger partial charge in [-0.3, -0.25) is 4.79 Å². The summed E-state index contributed by atoms with van der Waals surface area (Å²) in [6.07, 6.45) is 3.03. The third-order valence-electron chi connectivity index (χ3n) is 2.53. The van der Waals surface area contributed by atoms with Gasteiger partial charge >= 0.3 is 5.97 Å². The van der Waals surface area contributed by atoms with Crippen LogP contribution in [-0.2, 0) is 14.3 Å². The lowest BCUT2D eigenvalue weighted by Gasteiger charge is -2.09. The third kappa shape index (κ3) is 5.14. The summed E-state index contributed by atoms with van der Waals surface area (Å²) in [7, 11) is 1.28. The molecule has 0 heterocycles. The van der Waals surface area contributed by atoms with Crippen LogP contribution < -0.4 is 10.1 Å². The summed E-state index contributed by atoms with van der Waals surface area (Å²) in [5.41, 5.74) is 0.870. The molecule has 0 spiro atoms. The fourth-order valence-electron chi connectivity index (χ4n) is 1.51. The summed E-state index contributed by atoms with van der Waals surface area (Å²) in [5.74, 6) is -0.0435. The molecule has 1 aromatic rings. The highest BCUT2D eigenvalue weighted by molar-refractivity contribution is 5.94. The van der Waals surface area contributed by atoms with Crippen molar-refractivity contribution in [3.8, 4) is 5.75 Å². The number of hydrogen-bond donors (Lipinski definition) is 1. The summed E-state index contributed by atoms with van der Waals surface area (Å²) in [6, 6.07) is 6.69. The van der Waals surface area contributed by atoms with Crippen molar-refractivity contribution in [2.24, 2.45) is 0 Å². The Labute approximate surface area is 118 Å². The van der Waals surface area contributed by atoms with E-state index in [1.54, 1.807) is 13.0 Å². The van der Waals surface area contributed by atoms with E-state index >= 15 is 0 Å². The number of carbonyl (C=O) groups is 2. The van der Waals surface area contributed by atoms with Crippen molar-refractivity contribution in [2.75, 3.05) is 13.7 Å². The lowest BCUT2D eigenvalue weighted by atomic mass is 10.2. The number of esters is 1. The minimum Gasteiger partial charge on any atom is -0.494 e. The first kappa shape index (κ1) is 15.8. The highest BCUT2D eigenvalue weighted by atomic mass is 16.5. The minimum atomic E-state index is -0.669. The van der Waals surface area contributed by atoms with Gasteiger partial charge in [-0.25, -0.2) is 4.79 Å². The Bertz CT molecular complexity index is 479. The van der Waals surface area contributed by atoms with Crippen LogP contribution >= 0.6 is 0 Å². The Morgan fingerprint density at radius 1 is 1.30 bits per heavy atom. The lowest BCUT2D eigenvalue weighted by Crippen LogP contribution is -2.38. The predicted octanol–water partition coefficient (Wildman–Crippen LogP) is 1.78. The highest BCUT2D eigenvalue weighted by Crippen LogP contribution is 2.12. The quantitative estimate of drug-likeness (QED) is 0.636. The van der Waals surface area contributed by atoms with Gasteiger partial charge in [0, 0.05) is 6.08 Å². The van der Waals surface area contributed by atoms with Crippen molar-refractivity contribution in [2.45, 2.75) is 19.9 Å². The van der Waals surface area contributed by atoms with E-state index in [0.29, 0.717) is 6.61 Å². The molecule has 0 aromatic heterocycles. The SMILES string of the molecule is CCOc1ccc(C=CC(=O)NC(C)C(=O)OC)cc1. The van der Waals surface area contributed by atoms with E-state index in [2.05, 4.69) is 10.1 Å². The molecule has 1 unspecified atom stereocenters. The van der Waals surface area contributed by atoms with Crippen LogP contribution in [-0.4, -0.2) is 31.6 Å². The summed E-state index contributed by atoms with van der Waals surface area (Å²) >= 11 is 0. The van der Waals surface area contributed by atoms with E-state index in [1.807, 2.05) is 31.2 Å². The molecule has 20 heavy (non-hydrogen) atoms. The first-order chi connectivity index (χ1) is 9.56. The topological polar surface area (TPSA) is 64.6 Å². The molecule has 1 atom stereocenters. The summed E-state index contributed by atoms with van der Waals surface area (Å²) < 4.78 is 9.84. The van der Waals surface area contributed by atoms with E-state index < -0.39 is 12.0 Å². The average Bonchev–Trinajstić information content (AvgIpc) is 2.46. The third-order valence-corrected chi connectivity index (χ3v) is 2.53. The van der Waals surface area contributed by atoms with Crippen LogP contribution in [0.15, 0.2) is 30.3 Å². The Balaban J connectivity index is 2.54. The molecule has 0 saturated carbocycles. The van der Waals surface area contributed by atoms with Crippen molar-refractivity contribution in [1.82, 2.24) is 5.32 Å². The zero-order chi connectivity index (χ0) is 15.0. The summed E-state index contributed by atoms with van der Waals surface area (Å²) in [6.45, 7) is 4.10. The molecule has 0 aliphatic carbocycles. The van der Waals surface area contributed by atoms with Crippen LogP contribution in [0.5, 0.6) is 5.75 Å². The van der Waals surface area contributed by atoms with Crippen molar-refractivity contribution < 1.29 is 19.1 Å². The van der Waals surface area contributed by atoms with Crippen LogP contribution in [0.1, 0.15) is 19.4 Å². The Morgan fingerprint density at radius 3 is 2.50 bits per heavy atom. The van der Waals surface area contributed by atoms with Gasteiger partial charge in [-0.15, -0.1) is 0 Å². The molecule has 1 amide bonds. The Kier molecular flexibility index (Phi) is 6.29. The van der Waals surface area contributed by atoms with Gasteiger partial charge in [0.2, 0.25) is 5.91 Å². The van der Waals surface area contributed by atoms with Gasteiger partial charge in [-0.05, 0) is 37.6 Å². The van der Waals surface area contributed by atoms with E-state index in [-0.39, 0.29) is 5.91 Å². The molecule has 5 heteroatoms. The van der Waals surface area contributed by atoms with Gasteiger partial charge in [-0.2, -0.15) is 0 Å². The summed E-state index contributed by atoms with van der Waals surface area (Å²) in [4.78, 5) is 22.7. The molecule has 0 radical (unpaired) electrons. The van der Waals surface area contributed by atoms with Crippen LogP contribution in [0.4, 0.5) is 0 Å². The van der Waals surface area contributed by atoms with Crippen LogP contribution in [0.3, 0.4) is 0 Å². The fraction of sp³-hybridized carbons (Fsp3) is 0.333. The van der Waals surface area contributed by atoms with Crippen LogP contribution in [0, 0.1) is 0 Å². The van der Waals surface area contributed by atoms with Crippen molar-refractivity contribution in [3.05, 3.63) is 35.9 Å². The number of ether oxygens (including phenoxy) is 2. The molecule has 0 aliphatic rings. The molecule has 1 rings (SSSR count). The zero-order valence-corrected chi connectivity index (χ0v) is 11.9. The van der Waals surface area contributed by atoms with E-state index in [0.717, 1.165) is 11.3 Å². The second-order valence-corrected chi connectivity index (χ2v) is 4.09. The maximum absolute atomic E-state index is 11.6. The Hall–Kier alpha value is -2.30. The molecule has 0 aliphatic heterocycles. The highest BCUT2D eigenvalue weighted by Gasteiger charge is 2.13. The van der Waals surface area contributed by atoms with Crippen molar-refractivity contribution in [3.63, 3.8) is 0 Å². The standard InChI is InChI=1S/C15H19NO4/c1-4-20-13-8-5-12(6-9-13)7-10-14(17)16-11(2)15(18)19-3/h5-11H,4H2,1-3H3,(H,16,17). The first-order valence-electron chi connectivity index (χ1n) is 6.36. The molecule has 108 valence electrons. The van der Waals surface area contributed by atoms with Crippen molar-refractivity contribution >= 4 is 18.0 Å². The number of rotatable bonds is 6. The fourth-order valence-corrected chi connectivity index (χ4v) is 1.51. The van der Waals surface area contributed by atoms with Gasteiger partial charge < -0.3 is 14.8 Å². The van der Waals surface area contributed by atoms with Crippen LogP contribution in [0.2, 0.25) is 0 Å². The normalized spacial score (nSPS) is 11.9. The smallest absolute Gasteiger partial charge is 0.328 e. The number of nitrogens with one attached hydrogen (secondary N) is 1. The minimum absolute atomic E-state index is 0.350. The largest absolute Gasteiger partial charge is 0.494 e. The maximum Gasteiger partial charge on any atom is 0.328 e. The zero-order valence-electron chi connectivity index (χ0n) is 11.9. The predicted molar refractivity (Wildman–Crippen MR) is 76.3 cm³/mol. The van der Waals surface area contributed by atoms with E-state index in [4.69, 9.17) is 4.74 Å². The maximum atomic E-state index is 11.6. The Morgan fingerprint density at radius 2 is 1.95 bits per heavy atom. The van der Waals surface area contributed by atoms with Crippen molar-refractivity contribution in [1.29, 1.82) is 0 Å². The van der Waals surface area contributed by atoms with Gasteiger partial charge in [0.25, 0.3) is 0 Å².